The van der Waals surface area contributed by atoms with Gasteiger partial charge in [-0.3, -0.25) is 4.79 Å². The molecular formula is C16H25N3O2. The van der Waals surface area contributed by atoms with Crippen LogP contribution in [0.15, 0.2) is 18.2 Å². The van der Waals surface area contributed by atoms with Gasteiger partial charge in [0.05, 0.1) is 12.8 Å². The van der Waals surface area contributed by atoms with E-state index in [-0.39, 0.29) is 5.91 Å². The maximum absolute atomic E-state index is 12.2. The molecule has 0 unspecified atom stereocenters. The molecule has 1 saturated heterocycles. The first-order chi connectivity index (χ1) is 10.1. The van der Waals surface area contributed by atoms with Crippen molar-refractivity contribution < 1.29 is 9.53 Å². The summed E-state index contributed by atoms with van der Waals surface area (Å²) >= 11 is 0. The number of likely N-dealkylation sites (N-methyl/N-ethyl adjacent to an activating group) is 1. The average Bonchev–Trinajstić information content (AvgIpc) is 2.52. The molecule has 1 aromatic carbocycles. The Bertz CT molecular complexity index is 482. The summed E-state index contributed by atoms with van der Waals surface area (Å²) < 4.78 is 5.14. The Kier molecular flexibility index (Phi) is 5.44. The Morgan fingerprint density at radius 3 is 2.57 bits per heavy atom. The number of methoxy groups -OCH3 is 1. The first-order valence-electron chi connectivity index (χ1n) is 7.56. The Balaban J connectivity index is 1.83. The standard InChI is InChI=1S/C16H25N3O2/c1-3-18-8-10-19(11-9-18)16(20)7-5-13-4-6-15(21-2)14(17)12-13/h4,6,12H,3,5,7-11,17H2,1-2H3. The lowest BCUT2D eigenvalue weighted by Crippen LogP contribution is -2.48. The van der Waals surface area contributed by atoms with Gasteiger partial charge in [-0.05, 0) is 30.7 Å². The van der Waals surface area contributed by atoms with Gasteiger partial charge in [0, 0.05) is 32.6 Å². The molecule has 0 atom stereocenters. The maximum atomic E-state index is 12.2. The van der Waals surface area contributed by atoms with Crippen molar-refractivity contribution in [1.29, 1.82) is 0 Å². The molecule has 1 aliphatic rings. The molecular weight excluding hydrogens is 266 g/mol. The van der Waals surface area contributed by atoms with Crippen molar-refractivity contribution in [2.75, 3.05) is 45.6 Å². The fourth-order valence-electron chi connectivity index (χ4n) is 2.66. The Morgan fingerprint density at radius 1 is 1.29 bits per heavy atom. The van der Waals surface area contributed by atoms with E-state index in [1.165, 1.54) is 0 Å². The molecule has 0 saturated carbocycles. The van der Waals surface area contributed by atoms with Crippen LogP contribution in [-0.2, 0) is 11.2 Å². The number of nitrogens with zero attached hydrogens (tertiary/aromatic N) is 2. The third-order valence-corrected chi connectivity index (χ3v) is 4.09. The number of carbonyl (C=O) groups is 1. The topological polar surface area (TPSA) is 58.8 Å². The van der Waals surface area contributed by atoms with Crippen LogP contribution in [0.2, 0.25) is 0 Å². The van der Waals surface area contributed by atoms with E-state index >= 15 is 0 Å². The molecule has 2 N–H and O–H groups in total. The minimum Gasteiger partial charge on any atom is -0.495 e. The number of nitrogen functional groups attached to an aromatic ring is 1. The maximum Gasteiger partial charge on any atom is 0.222 e. The van der Waals surface area contributed by atoms with Crippen molar-refractivity contribution in [3.05, 3.63) is 23.8 Å². The van der Waals surface area contributed by atoms with E-state index in [4.69, 9.17) is 10.5 Å². The lowest BCUT2D eigenvalue weighted by molar-refractivity contribution is -0.132. The fourth-order valence-corrected chi connectivity index (χ4v) is 2.66. The zero-order valence-electron chi connectivity index (χ0n) is 13.0. The summed E-state index contributed by atoms with van der Waals surface area (Å²) in [5.74, 6) is 0.918. The molecule has 21 heavy (non-hydrogen) atoms. The molecule has 1 aliphatic heterocycles. The van der Waals surface area contributed by atoms with Crippen LogP contribution in [0.25, 0.3) is 0 Å². The van der Waals surface area contributed by atoms with Gasteiger partial charge in [-0.15, -0.1) is 0 Å². The molecule has 116 valence electrons. The van der Waals surface area contributed by atoms with E-state index in [1.807, 2.05) is 23.1 Å². The predicted octanol–water partition coefficient (Wildman–Crippen LogP) is 1.37. The number of amides is 1. The van der Waals surface area contributed by atoms with Crippen molar-refractivity contribution >= 4 is 11.6 Å². The summed E-state index contributed by atoms with van der Waals surface area (Å²) in [6.07, 6.45) is 1.26. The van der Waals surface area contributed by atoms with Crippen molar-refractivity contribution in [3.63, 3.8) is 0 Å². The van der Waals surface area contributed by atoms with Crippen molar-refractivity contribution in [2.24, 2.45) is 0 Å². The summed E-state index contributed by atoms with van der Waals surface area (Å²) in [4.78, 5) is 16.6. The monoisotopic (exact) mass is 291 g/mol. The van der Waals surface area contributed by atoms with Crippen LogP contribution in [0.3, 0.4) is 0 Å². The van der Waals surface area contributed by atoms with E-state index in [0.29, 0.717) is 17.9 Å². The van der Waals surface area contributed by atoms with E-state index in [0.717, 1.165) is 44.7 Å². The predicted molar refractivity (Wildman–Crippen MR) is 84.4 cm³/mol. The van der Waals surface area contributed by atoms with Crippen LogP contribution >= 0.6 is 0 Å². The van der Waals surface area contributed by atoms with E-state index in [1.54, 1.807) is 7.11 Å². The highest BCUT2D eigenvalue weighted by Gasteiger charge is 2.19. The third-order valence-electron chi connectivity index (χ3n) is 4.09. The SMILES string of the molecule is CCN1CCN(C(=O)CCc2ccc(OC)c(N)c2)CC1. The van der Waals surface area contributed by atoms with Gasteiger partial charge in [0.1, 0.15) is 5.75 Å². The van der Waals surface area contributed by atoms with Crippen molar-refractivity contribution in [2.45, 2.75) is 19.8 Å². The number of piperazine rings is 1. The van der Waals surface area contributed by atoms with Crippen LogP contribution in [0.5, 0.6) is 5.75 Å². The number of hydrogen-bond donors (Lipinski definition) is 1. The lowest BCUT2D eigenvalue weighted by Gasteiger charge is -2.34. The number of hydrogen-bond acceptors (Lipinski definition) is 4. The molecule has 1 amide bonds. The Morgan fingerprint density at radius 2 is 2.00 bits per heavy atom. The largest absolute Gasteiger partial charge is 0.495 e. The highest BCUT2D eigenvalue weighted by atomic mass is 16.5. The summed E-state index contributed by atoms with van der Waals surface area (Å²) in [5.41, 5.74) is 7.59. The Hall–Kier alpha value is -1.75. The third kappa shape index (κ3) is 4.11. The van der Waals surface area contributed by atoms with Gasteiger partial charge in [-0.25, -0.2) is 0 Å². The smallest absolute Gasteiger partial charge is 0.222 e. The number of ether oxygens (including phenoxy) is 1. The average molecular weight is 291 g/mol. The van der Waals surface area contributed by atoms with Gasteiger partial charge in [-0.1, -0.05) is 13.0 Å². The molecule has 1 heterocycles. The van der Waals surface area contributed by atoms with Crippen LogP contribution < -0.4 is 10.5 Å². The summed E-state index contributed by atoms with van der Waals surface area (Å²) in [5, 5.41) is 0. The van der Waals surface area contributed by atoms with Crippen molar-refractivity contribution in [1.82, 2.24) is 9.80 Å². The second kappa shape index (κ2) is 7.31. The second-order valence-corrected chi connectivity index (χ2v) is 5.39. The van der Waals surface area contributed by atoms with Gasteiger partial charge < -0.3 is 20.3 Å². The first kappa shape index (κ1) is 15.6. The van der Waals surface area contributed by atoms with E-state index in [9.17, 15) is 4.79 Å². The number of anilines is 1. The van der Waals surface area contributed by atoms with Crippen LogP contribution in [0.4, 0.5) is 5.69 Å². The quantitative estimate of drug-likeness (QED) is 0.833. The number of nitrogens with two attached hydrogens (primary N) is 1. The summed E-state index contributed by atoms with van der Waals surface area (Å²) in [6.45, 7) is 6.88. The number of carbonyl (C=O) groups excluding carboxylic acids is 1. The molecule has 0 bridgehead atoms. The number of rotatable bonds is 5. The van der Waals surface area contributed by atoms with Gasteiger partial charge >= 0.3 is 0 Å². The van der Waals surface area contributed by atoms with E-state index in [2.05, 4.69) is 11.8 Å². The molecule has 5 heteroatoms. The lowest BCUT2D eigenvalue weighted by atomic mass is 10.1. The highest BCUT2D eigenvalue weighted by molar-refractivity contribution is 5.76. The molecule has 0 aromatic heterocycles. The van der Waals surface area contributed by atoms with Crippen LogP contribution in [-0.4, -0.2) is 55.5 Å². The molecule has 1 aromatic rings. The van der Waals surface area contributed by atoms with Crippen LogP contribution in [0.1, 0.15) is 18.9 Å². The minimum absolute atomic E-state index is 0.236. The minimum atomic E-state index is 0.236. The first-order valence-corrected chi connectivity index (χ1v) is 7.56. The molecule has 0 radical (unpaired) electrons. The molecule has 0 spiro atoms. The fraction of sp³-hybridized carbons (Fsp3) is 0.562. The molecule has 2 rings (SSSR count). The van der Waals surface area contributed by atoms with Gasteiger partial charge in [0.25, 0.3) is 0 Å². The second-order valence-electron chi connectivity index (χ2n) is 5.39. The zero-order valence-corrected chi connectivity index (χ0v) is 13.0. The molecule has 1 fully saturated rings. The highest BCUT2D eigenvalue weighted by Crippen LogP contribution is 2.22. The van der Waals surface area contributed by atoms with Gasteiger partial charge in [0.2, 0.25) is 5.91 Å². The number of aryl methyl sites for hydroxylation is 1. The molecule has 5 nitrogen and oxygen atoms in total. The van der Waals surface area contributed by atoms with Gasteiger partial charge in [-0.2, -0.15) is 0 Å². The van der Waals surface area contributed by atoms with Gasteiger partial charge in [0.15, 0.2) is 0 Å². The summed E-state index contributed by atoms with van der Waals surface area (Å²) in [7, 11) is 1.60. The summed E-state index contributed by atoms with van der Waals surface area (Å²) in [6, 6.07) is 5.72. The Labute approximate surface area is 126 Å². The normalized spacial score (nSPS) is 16.0. The number of benzene rings is 1. The zero-order chi connectivity index (χ0) is 15.2. The molecule has 0 aliphatic carbocycles. The van der Waals surface area contributed by atoms with Crippen molar-refractivity contribution in [3.8, 4) is 5.75 Å². The van der Waals surface area contributed by atoms with Crippen LogP contribution in [0, 0.1) is 0 Å². The van der Waals surface area contributed by atoms with E-state index < -0.39 is 0 Å².